The van der Waals surface area contributed by atoms with Gasteiger partial charge in [-0.3, -0.25) is 0 Å². The molecule has 0 nitrogen and oxygen atoms in total. The van der Waals surface area contributed by atoms with Crippen LogP contribution in [0, 0.1) is 6.42 Å². The molecule has 1 aromatic rings. The standard InChI is InChI=1S/C13H15/c1-2-3-4-5-7-10-13-11-8-6-9-12-13/h2,4-6,8-12H,1,3,7H2/b5-4+. The molecule has 13 heavy (non-hydrogen) atoms. The molecule has 1 radical (unpaired) electrons. The minimum Gasteiger partial charge on any atom is -0.103 e. The first-order valence-corrected chi connectivity index (χ1v) is 4.57. The largest absolute Gasteiger partial charge is 0.103 e. The van der Waals surface area contributed by atoms with Crippen molar-refractivity contribution in [2.24, 2.45) is 0 Å². The number of allylic oxidation sites excluding steroid dienone is 3. The molecular formula is C13H15. The summed E-state index contributed by atoms with van der Waals surface area (Å²) < 4.78 is 0. The fraction of sp³-hybridized carbons (Fsp3) is 0.154. The van der Waals surface area contributed by atoms with Crippen LogP contribution in [-0.2, 0) is 0 Å². The molecule has 0 bridgehead atoms. The van der Waals surface area contributed by atoms with Crippen LogP contribution < -0.4 is 0 Å². The third-order valence-corrected chi connectivity index (χ3v) is 1.76. The predicted molar refractivity (Wildman–Crippen MR) is 58.4 cm³/mol. The molecule has 0 spiro atoms. The summed E-state index contributed by atoms with van der Waals surface area (Å²) in [5.41, 5.74) is 1.28. The average molecular weight is 171 g/mol. The van der Waals surface area contributed by atoms with Gasteiger partial charge in [-0.05, 0) is 24.8 Å². The normalized spacial score (nSPS) is 10.5. The van der Waals surface area contributed by atoms with E-state index < -0.39 is 0 Å². The van der Waals surface area contributed by atoms with E-state index in [0.717, 1.165) is 12.8 Å². The van der Waals surface area contributed by atoms with Crippen molar-refractivity contribution >= 4 is 0 Å². The Balaban J connectivity index is 2.24. The summed E-state index contributed by atoms with van der Waals surface area (Å²) in [7, 11) is 0. The fourth-order valence-corrected chi connectivity index (χ4v) is 1.08. The van der Waals surface area contributed by atoms with Crippen molar-refractivity contribution in [2.45, 2.75) is 12.8 Å². The second-order valence-electron chi connectivity index (χ2n) is 2.85. The Morgan fingerprint density at radius 2 is 1.69 bits per heavy atom. The minimum absolute atomic E-state index is 0.961. The first-order chi connectivity index (χ1) is 6.43. The van der Waals surface area contributed by atoms with E-state index in [9.17, 15) is 0 Å². The Bertz CT molecular complexity index is 257. The van der Waals surface area contributed by atoms with Crippen molar-refractivity contribution in [3.63, 3.8) is 0 Å². The van der Waals surface area contributed by atoms with Gasteiger partial charge in [-0.2, -0.15) is 0 Å². The molecule has 0 saturated heterocycles. The van der Waals surface area contributed by atoms with E-state index in [4.69, 9.17) is 0 Å². The van der Waals surface area contributed by atoms with Gasteiger partial charge < -0.3 is 0 Å². The molecule has 1 aromatic carbocycles. The van der Waals surface area contributed by atoms with Crippen LogP contribution in [0.15, 0.2) is 55.1 Å². The van der Waals surface area contributed by atoms with Crippen molar-refractivity contribution < 1.29 is 0 Å². The molecule has 1 rings (SSSR count). The van der Waals surface area contributed by atoms with E-state index >= 15 is 0 Å². The van der Waals surface area contributed by atoms with E-state index in [1.165, 1.54) is 5.56 Å². The lowest BCUT2D eigenvalue weighted by atomic mass is 10.1. The lowest BCUT2D eigenvalue weighted by Gasteiger charge is -1.95. The average Bonchev–Trinajstić information content (AvgIpc) is 2.19. The first-order valence-electron chi connectivity index (χ1n) is 4.57. The third kappa shape index (κ3) is 4.32. The van der Waals surface area contributed by atoms with Crippen LogP contribution in [0.1, 0.15) is 18.4 Å². The molecule has 0 fully saturated rings. The summed E-state index contributed by atoms with van der Waals surface area (Å²) >= 11 is 0. The molecule has 0 aliphatic heterocycles. The zero-order chi connectivity index (χ0) is 9.36. The lowest BCUT2D eigenvalue weighted by molar-refractivity contribution is 1.22. The maximum atomic E-state index is 3.66. The van der Waals surface area contributed by atoms with Crippen LogP contribution in [-0.4, -0.2) is 0 Å². The number of rotatable bonds is 5. The van der Waals surface area contributed by atoms with Gasteiger partial charge in [0.25, 0.3) is 0 Å². The highest BCUT2D eigenvalue weighted by Gasteiger charge is 1.87. The maximum absolute atomic E-state index is 3.66. The third-order valence-electron chi connectivity index (χ3n) is 1.76. The number of hydrogen-bond acceptors (Lipinski definition) is 0. The molecule has 0 aromatic heterocycles. The first kappa shape index (κ1) is 9.79. The Kier molecular flexibility index (Phi) is 4.70. The van der Waals surface area contributed by atoms with Crippen LogP contribution in [0.2, 0.25) is 0 Å². The van der Waals surface area contributed by atoms with Gasteiger partial charge in [-0.25, -0.2) is 0 Å². The van der Waals surface area contributed by atoms with Crippen LogP contribution in [0.4, 0.5) is 0 Å². The Morgan fingerprint density at radius 1 is 1.00 bits per heavy atom. The molecule has 0 atom stereocenters. The summed E-state index contributed by atoms with van der Waals surface area (Å²) in [6.07, 6.45) is 10.4. The van der Waals surface area contributed by atoms with Crippen molar-refractivity contribution in [2.75, 3.05) is 0 Å². The van der Waals surface area contributed by atoms with Gasteiger partial charge in [0, 0.05) is 0 Å². The topological polar surface area (TPSA) is 0 Å². The SMILES string of the molecule is C=CC/C=C/C[CH]c1ccccc1. The van der Waals surface area contributed by atoms with Crippen molar-refractivity contribution in [3.05, 3.63) is 67.1 Å². The molecule has 0 heterocycles. The molecule has 0 saturated carbocycles. The van der Waals surface area contributed by atoms with E-state index in [2.05, 4.69) is 49.4 Å². The van der Waals surface area contributed by atoms with E-state index in [1.807, 2.05) is 12.1 Å². The predicted octanol–water partition coefficient (Wildman–Crippen LogP) is 3.76. The van der Waals surface area contributed by atoms with E-state index in [1.54, 1.807) is 0 Å². The molecular weight excluding hydrogens is 156 g/mol. The Labute approximate surface area is 80.6 Å². The fourth-order valence-electron chi connectivity index (χ4n) is 1.08. The summed E-state index contributed by atoms with van der Waals surface area (Å²) in [4.78, 5) is 0. The molecule has 0 N–H and O–H groups in total. The van der Waals surface area contributed by atoms with E-state index in [0.29, 0.717) is 0 Å². The summed E-state index contributed by atoms with van der Waals surface area (Å²) in [6.45, 7) is 3.66. The van der Waals surface area contributed by atoms with Gasteiger partial charge in [0.15, 0.2) is 0 Å². The molecule has 0 heteroatoms. The second kappa shape index (κ2) is 6.24. The molecule has 0 aliphatic rings. The van der Waals surface area contributed by atoms with Crippen molar-refractivity contribution in [1.82, 2.24) is 0 Å². The highest BCUT2D eigenvalue weighted by molar-refractivity contribution is 5.23. The van der Waals surface area contributed by atoms with Gasteiger partial charge in [-0.15, -0.1) is 6.58 Å². The highest BCUT2D eigenvalue weighted by atomic mass is 13.9. The van der Waals surface area contributed by atoms with Gasteiger partial charge in [0.2, 0.25) is 0 Å². The van der Waals surface area contributed by atoms with Gasteiger partial charge in [0.1, 0.15) is 0 Å². The molecule has 0 unspecified atom stereocenters. The quantitative estimate of drug-likeness (QED) is 0.592. The van der Waals surface area contributed by atoms with Gasteiger partial charge in [0.05, 0.1) is 0 Å². The zero-order valence-electron chi connectivity index (χ0n) is 7.82. The van der Waals surface area contributed by atoms with E-state index in [-0.39, 0.29) is 0 Å². The summed E-state index contributed by atoms with van der Waals surface area (Å²) in [5, 5.41) is 0. The van der Waals surface area contributed by atoms with Gasteiger partial charge in [-0.1, -0.05) is 48.6 Å². The van der Waals surface area contributed by atoms with Crippen LogP contribution >= 0.6 is 0 Å². The van der Waals surface area contributed by atoms with Crippen LogP contribution in [0.3, 0.4) is 0 Å². The van der Waals surface area contributed by atoms with Crippen LogP contribution in [0.25, 0.3) is 0 Å². The van der Waals surface area contributed by atoms with Gasteiger partial charge >= 0.3 is 0 Å². The Morgan fingerprint density at radius 3 is 2.38 bits per heavy atom. The highest BCUT2D eigenvalue weighted by Crippen LogP contribution is 2.05. The summed E-state index contributed by atoms with van der Waals surface area (Å²) in [5.74, 6) is 0. The van der Waals surface area contributed by atoms with Crippen LogP contribution in [0.5, 0.6) is 0 Å². The Hall–Kier alpha value is -1.30. The number of hydrogen-bond donors (Lipinski definition) is 0. The van der Waals surface area contributed by atoms with Crippen molar-refractivity contribution in [3.8, 4) is 0 Å². The molecule has 0 aliphatic carbocycles. The zero-order valence-corrected chi connectivity index (χ0v) is 7.82. The maximum Gasteiger partial charge on any atom is -0.00556 e. The number of benzene rings is 1. The molecule has 67 valence electrons. The minimum atomic E-state index is 0.961. The molecule has 0 amide bonds. The smallest absolute Gasteiger partial charge is 0.00556 e. The van der Waals surface area contributed by atoms with Crippen molar-refractivity contribution in [1.29, 1.82) is 0 Å². The second-order valence-corrected chi connectivity index (χ2v) is 2.85. The lowest BCUT2D eigenvalue weighted by Crippen LogP contribution is -1.77. The monoisotopic (exact) mass is 171 g/mol. The summed E-state index contributed by atoms with van der Waals surface area (Å²) in [6, 6.07) is 10.4.